The van der Waals surface area contributed by atoms with Gasteiger partial charge in [0.25, 0.3) is 0 Å². The first-order valence-electron chi connectivity index (χ1n) is 5.47. The van der Waals surface area contributed by atoms with E-state index in [4.69, 9.17) is 16.3 Å². The lowest BCUT2D eigenvalue weighted by Crippen LogP contribution is -2.25. The Hall–Kier alpha value is -0.540. The third kappa shape index (κ3) is 2.98. The first-order valence-corrected chi connectivity index (χ1v) is 7.00. The van der Waals surface area contributed by atoms with Gasteiger partial charge in [-0.2, -0.15) is 11.8 Å². The summed E-state index contributed by atoms with van der Waals surface area (Å²) in [6.45, 7) is 0. The average Bonchev–Trinajstić information content (AvgIpc) is 2.33. The monoisotopic (exact) mass is 257 g/mol. The third-order valence-corrected chi connectivity index (χ3v) is 4.21. The van der Waals surface area contributed by atoms with E-state index in [1.807, 2.05) is 30.0 Å². The van der Waals surface area contributed by atoms with Crippen molar-refractivity contribution in [2.24, 2.45) is 0 Å². The van der Waals surface area contributed by atoms with Gasteiger partial charge in [0.1, 0.15) is 5.75 Å². The molecule has 0 amide bonds. The highest BCUT2D eigenvalue weighted by atomic mass is 35.5. The topological polar surface area (TPSA) is 21.3 Å². The molecule has 1 aromatic rings. The maximum Gasteiger partial charge on any atom is 0.139 e. The quantitative estimate of drug-likeness (QED) is 0.893. The van der Waals surface area contributed by atoms with Gasteiger partial charge in [-0.25, -0.2) is 0 Å². The van der Waals surface area contributed by atoms with E-state index >= 15 is 0 Å². The van der Waals surface area contributed by atoms with Crippen LogP contribution in [0.25, 0.3) is 0 Å². The molecule has 1 aliphatic heterocycles. The molecule has 1 fully saturated rings. The van der Waals surface area contributed by atoms with Crippen LogP contribution in [0, 0.1) is 0 Å². The number of methoxy groups -OCH3 is 1. The van der Waals surface area contributed by atoms with E-state index in [0.29, 0.717) is 11.1 Å². The van der Waals surface area contributed by atoms with Crippen LogP contribution in [0.5, 0.6) is 5.75 Å². The van der Waals surface area contributed by atoms with Crippen molar-refractivity contribution in [2.75, 3.05) is 23.9 Å². The minimum absolute atomic E-state index is 0.574. The maximum absolute atomic E-state index is 5.98. The van der Waals surface area contributed by atoms with Crippen LogP contribution in [0.15, 0.2) is 18.2 Å². The first-order chi connectivity index (χ1) is 7.79. The standard InChI is InChI=1S/C12H16ClNOS/c1-15-12-7-9(4-5-11(12)13)14-10-3-2-6-16-8-10/h4-5,7,10,14H,2-3,6,8H2,1H3. The zero-order valence-corrected chi connectivity index (χ0v) is 10.9. The van der Waals surface area contributed by atoms with E-state index < -0.39 is 0 Å². The Kier molecular flexibility index (Phi) is 4.24. The van der Waals surface area contributed by atoms with Crippen molar-refractivity contribution in [3.8, 4) is 5.75 Å². The van der Waals surface area contributed by atoms with E-state index in [2.05, 4.69) is 5.32 Å². The zero-order chi connectivity index (χ0) is 11.4. The van der Waals surface area contributed by atoms with Gasteiger partial charge in [-0.15, -0.1) is 0 Å². The SMILES string of the molecule is COc1cc(NC2CCCSC2)ccc1Cl. The van der Waals surface area contributed by atoms with Crippen LogP contribution < -0.4 is 10.1 Å². The molecule has 1 saturated heterocycles. The molecule has 0 aliphatic carbocycles. The van der Waals surface area contributed by atoms with Crippen LogP contribution in [-0.2, 0) is 0 Å². The first kappa shape index (κ1) is 11.9. The fourth-order valence-corrected chi connectivity index (χ4v) is 3.11. The molecular formula is C12H16ClNOS. The summed E-state index contributed by atoms with van der Waals surface area (Å²) in [5, 5.41) is 4.18. The van der Waals surface area contributed by atoms with Gasteiger partial charge in [0.15, 0.2) is 0 Å². The van der Waals surface area contributed by atoms with Crippen LogP contribution >= 0.6 is 23.4 Å². The van der Waals surface area contributed by atoms with E-state index in [1.165, 1.54) is 24.3 Å². The van der Waals surface area contributed by atoms with Crippen LogP contribution in [-0.4, -0.2) is 24.7 Å². The predicted octanol–water partition coefficient (Wildman–Crippen LogP) is 3.66. The smallest absolute Gasteiger partial charge is 0.139 e. The highest BCUT2D eigenvalue weighted by molar-refractivity contribution is 7.99. The molecule has 0 radical (unpaired) electrons. The van der Waals surface area contributed by atoms with Crippen LogP contribution in [0.4, 0.5) is 5.69 Å². The van der Waals surface area contributed by atoms with Crippen molar-refractivity contribution in [3.05, 3.63) is 23.2 Å². The Balaban J connectivity index is 2.03. The van der Waals surface area contributed by atoms with Crippen molar-refractivity contribution in [1.82, 2.24) is 0 Å². The number of thioether (sulfide) groups is 1. The van der Waals surface area contributed by atoms with Crippen LogP contribution in [0.3, 0.4) is 0 Å². The van der Waals surface area contributed by atoms with Gasteiger partial charge in [0, 0.05) is 23.5 Å². The summed E-state index contributed by atoms with van der Waals surface area (Å²) in [4.78, 5) is 0. The molecule has 88 valence electrons. The van der Waals surface area contributed by atoms with Gasteiger partial charge >= 0.3 is 0 Å². The fourth-order valence-electron chi connectivity index (χ4n) is 1.84. The molecule has 2 nitrogen and oxygen atoms in total. The summed E-state index contributed by atoms with van der Waals surface area (Å²) in [7, 11) is 1.64. The second kappa shape index (κ2) is 5.69. The van der Waals surface area contributed by atoms with Gasteiger partial charge < -0.3 is 10.1 Å². The number of benzene rings is 1. The molecule has 1 aliphatic rings. The largest absolute Gasteiger partial charge is 0.495 e. The Morgan fingerprint density at radius 1 is 1.50 bits per heavy atom. The van der Waals surface area contributed by atoms with Crippen LogP contribution in [0.2, 0.25) is 5.02 Å². The zero-order valence-electron chi connectivity index (χ0n) is 9.33. The molecule has 1 N–H and O–H groups in total. The highest BCUT2D eigenvalue weighted by Gasteiger charge is 2.13. The second-order valence-corrected chi connectivity index (χ2v) is 5.46. The number of hydrogen-bond donors (Lipinski definition) is 1. The maximum atomic E-state index is 5.98. The summed E-state index contributed by atoms with van der Waals surface area (Å²) in [5.41, 5.74) is 1.09. The number of halogens is 1. The van der Waals surface area contributed by atoms with Gasteiger partial charge in [0.05, 0.1) is 12.1 Å². The lowest BCUT2D eigenvalue weighted by Gasteiger charge is -2.23. The number of ether oxygens (including phenoxy) is 1. The Morgan fingerprint density at radius 3 is 3.06 bits per heavy atom. The van der Waals surface area contributed by atoms with Gasteiger partial charge in [-0.05, 0) is 30.7 Å². The number of rotatable bonds is 3. The van der Waals surface area contributed by atoms with Crippen LogP contribution in [0.1, 0.15) is 12.8 Å². The van der Waals surface area contributed by atoms with Gasteiger partial charge in [-0.1, -0.05) is 11.6 Å². The minimum Gasteiger partial charge on any atom is -0.495 e. The molecule has 0 spiro atoms. The number of nitrogens with one attached hydrogen (secondary N) is 1. The summed E-state index contributed by atoms with van der Waals surface area (Å²) in [6.07, 6.45) is 2.55. The third-order valence-electron chi connectivity index (χ3n) is 2.68. The average molecular weight is 258 g/mol. The van der Waals surface area contributed by atoms with E-state index in [9.17, 15) is 0 Å². The molecule has 2 rings (SSSR count). The van der Waals surface area contributed by atoms with E-state index in [0.717, 1.165) is 11.4 Å². The predicted molar refractivity (Wildman–Crippen MR) is 72.0 cm³/mol. The van der Waals surface area contributed by atoms with E-state index in [1.54, 1.807) is 7.11 Å². The van der Waals surface area contributed by atoms with Crippen molar-refractivity contribution in [3.63, 3.8) is 0 Å². The Morgan fingerprint density at radius 2 is 2.38 bits per heavy atom. The lowest BCUT2D eigenvalue weighted by molar-refractivity contribution is 0.415. The summed E-state index contributed by atoms with van der Waals surface area (Å²) in [5.74, 6) is 3.21. The van der Waals surface area contributed by atoms with Crippen molar-refractivity contribution < 1.29 is 4.74 Å². The van der Waals surface area contributed by atoms with Gasteiger partial charge in [-0.3, -0.25) is 0 Å². The number of anilines is 1. The molecule has 0 bridgehead atoms. The fraction of sp³-hybridized carbons (Fsp3) is 0.500. The Bertz CT molecular complexity index is 353. The summed E-state index contributed by atoms with van der Waals surface area (Å²) < 4.78 is 5.20. The van der Waals surface area contributed by atoms with Crippen molar-refractivity contribution >= 4 is 29.1 Å². The van der Waals surface area contributed by atoms with Crippen molar-refractivity contribution in [1.29, 1.82) is 0 Å². The molecule has 1 heterocycles. The molecule has 1 aromatic carbocycles. The minimum atomic E-state index is 0.574. The number of hydrogen-bond acceptors (Lipinski definition) is 3. The molecule has 4 heteroatoms. The lowest BCUT2D eigenvalue weighted by atomic mass is 10.1. The Labute approximate surface area is 106 Å². The van der Waals surface area contributed by atoms with Crippen molar-refractivity contribution in [2.45, 2.75) is 18.9 Å². The molecule has 0 aromatic heterocycles. The highest BCUT2D eigenvalue weighted by Crippen LogP contribution is 2.29. The summed E-state index contributed by atoms with van der Waals surface area (Å²) in [6, 6.07) is 6.41. The normalized spacial score (nSPS) is 20.5. The second-order valence-electron chi connectivity index (χ2n) is 3.91. The molecule has 0 saturated carbocycles. The molecular weight excluding hydrogens is 242 g/mol. The molecule has 1 atom stereocenters. The van der Waals surface area contributed by atoms with Gasteiger partial charge in [0.2, 0.25) is 0 Å². The van der Waals surface area contributed by atoms with E-state index in [-0.39, 0.29) is 0 Å². The molecule has 16 heavy (non-hydrogen) atoms. The molecule has 1 unspecified atom stereocenters. The summed E-state index contributed by atoms with van der Waals surface area (Å²) >= 11 is 8.00.